The molecule has 0 bridgehead atoms. The lowest BCUT2D eigenvalue weighted by Gasteiger charge is -2.19. The van der Waals surface area contributed by atoms with Gasteiger partial charge in [-0.25, -0.2) is 4.79 Å². The first-order chi connectivity index (χ1) is 12.0. The van der Waals surface area contributed by atoms with Crippen LogP contribution in [0.4, 0.5) is 0 Å². The lowest BCUT2D eigenvalue weighted by Crippen LogP contribution is -2.25. The highest BCUT2D eigenvalue weighted by Crippen LogP contribution is 2.19. The molecule has 5 heteroatoms. The first-order valence-electron chi connectivity index (χ1n) is 8.25. The van der Waals surface area contributed by atoms with Crippen LogP contribution >= 0.6 is 0 Å². The summed E-state index contributed by atoms with van der Waals surface area (Å²) in [7, 11) is 0. The highest BCUT2D eigenvalue weighted by atomic mass is 16.5. The lowest BCUT2D eigenvalue weighted by molar-refractivity contribution is -0.148. The third-order valence-electron chi connectivity index (χ3n) is 3.67. The Labute approximate surface area is 147 Å². The van der Waals surface area contributed by atoms with Gasteiger partial charge >= 0.3 is 11.9 Å². The van der Waals surface area contributed by atoms with E-state index in [4.69, 9.17) is 9.84 Å². The fourth-order valence-electron chi connectivity index (χ4n) is 2.53. The first-order valence-corrected chi connectivity index (χ1v) is 8.25. The van der Waals surface area contributed by atoms with Gasteiger partial charge in [0, 0.05) is 12.6 Å². The Bertz CT molecular complexity index is 713. The second kappa shape index (κ2) is 8.99. The van der Waals surface area contributed by atoms with Gasteiger partial charge in [-0.05, 0) is 37.1 Å². The maximum absolute atomic E-state index is 12.1. The molecular weight excluding hydrogens is 318 g/mol. The average molecular weight is 341 g/mol. The van der Waals surface area contributed by atoms with Crippen molar-refractivity contribution in [1.82, 2.24) is 5.32 Å². The Kier molecular flexibility index (Phi) is 6.71. The van der Waals surface area contributed by atoms with Crippen LogP contribution in [0.3, 0.4) is 0 Å². The number of ether oxygens (including phenoxy) is 1. The molecule has 0 spiro atoms. The average Bonchev–Trinajstić information content (AvgIpc) is 2.59. The zero-order valence-electron chi connectivity index (χ0n) is 14.4. The molecule has 1 unspecified atom stereocenters. The molecule has 2 aromatic carbocycles. The fourth-order valence-corrected chi connectivity index (χ4v) is 2.53. The molecule has 0 aliphatic carbocycles. The maximum atomic E-state index is 12.1. The van der Waals surface area contributed by atoms with Crippen LogP contribution in [0.1, 0.15) is 47.8 Å². The molecule has 0 aliphatic heterocycles. The van der Waals surface area contributed by atoms with Crippen LogP contribution in [0.25, 0.3) is 0 Å². The molecule has 0 saturated heterocycles. The molecule has 2 rings (SSSR count). The second-order valence-electron chi connectivity index (χ2n) is 6.09. The molecule has 2 N–H and O–H groups in total. The maximum Gasteiger partial charge on any atom is 0.335 e. The highest BCUT2D eigenvalue weighted by Gasteiger charge is 2.17. The summed E-state index contributed by atoms with van der Waals surface area (Å²) in [6, 6.07) is 16.2. The number of esters is 1. The molecule has 132 valence electrons. The van der Waals surface area contributed by atoms with Gasteiger partial charge in [-0.3, -0.25) is 4.79 Å². The number of carboxylic acids is 1. The van der Waals surface area contributed by atoms with Gasteiger partial charge in [0.25, 0.3) is 0 Å². The van der Waals surface area contributed by atoms with E-state index < -0.39 is 5.97 Å². The quantitative estimate of drug-likeness (QED) is 0.718. The van der Waals surface area contributed by atoms with E-state index in [0.29, 0.717) is 6.54 Å². The minimum absolute atomic E-state index is 0.156. The number of hydrogen-bond acceptors (Lipinski definition) is 4. The zero-order valence-corrected chi connectivity index (χ0v) is 14.4. The molecular formula is C20H23NO4. The van der Waals surface area contributed by atoms with E-state index in [1.54, 1.807) is 18.2 Å². The predicted octanol–water partition coefficient (Wildman–Crippen LogP) is 3.56. The van der Waals surface area contributed by atoms with E-state index in [2.05, 4.69) is 5.32 Å². The minimum Gasteiger partial charge on any atom is -0.478 e. The van der Waals surface area contributed by atoms with Crippen LogP contribution in [0.2, 0.25) is 0 Å². The summed E-state index contributed by atoms with van der Waals surface area (Å²) in [6.07, 6.45) is 0.0528. The first kappa shape index (κ1) is 18.7. The Morgan fingerprint density at radius 2 is 1.80 bits per heavy atom. The summed E-state index contributed by atoms with van der Waals surface area (Å²) in [6.45, 7) is 4.09. The Morgan fingerprint density at radius 1 is 1.08 bits per heavy atom. The van der Waals surface area contributed by atoms with Gasteiger partial charge in [-0.15, -0.1) is 0 Å². The van der Waals surface area contributed by atoms with Crippen LogP contribution in [-0.4, -0.2) is 23.1 Å². The molecule has 2 aromatic rings. The fraction of sp³-hybridized carbons (Fsp3) is 0.300. The van der Waals surface area contributed by atoms with Gasteiger partial charge in [0.2, 0.25) is 0 Å². The molecule has 25 heavy (non-hydrogen) atoms. The van der Waals surface area contributed by atoms with Gasteiger partial charge in [0.15, 0.2) is 0 Å². The summed E-state index contributed by atoms with van der Waals surface area (Å²) in [5.41, 5.74) is 2.07. The molecule has 1 atom stereocenters. The zero-order chi connectivity index (χ0) is 18.2. The van der Waals surface area contributed by atoms with Gasteiger partial charge in [-0.1, -0.05) is 42.5 Å². The molecule has 0 radical (unpaired) electrons. The van der Waals surface area contributed by atoms with E-state index >= 15 is 0 Å². The van der Waals surface area contributed by atoms with Gasteiger partial charge in [-0.2, -0.15) is 0 Å². The van der Waals surface area contributed by atoms with Crippen LogP contribution < -0.4 is 5.32 Å². The van der Waals surface area contributed by atoms with Gasteiger partial charge < -0.3 is 15.2 Å². The van der Waals surface area contributed by atoms with Crippen molar-refractivity contribution in [2.45, 2.75) is 39.0 Å². The van der Waals surface area contributed by atoms with Crippen molar-refractivity contribution < 1.29 is 19.4 Å². The number of rotatable bonds is 8. The van der Waals surface area contributed by atoms with Crippen LogP contribution in [0, 0.1) is 0 Å². The van der Waals surface area contributed by atoms with Crippen molar-refractivity contribution >= 4 is 11.9 Å². The largest absolute Gasteiger partial charge is 0.478 e. The van der Waals surface area contributed by atoms with Crippen molar-refractivity contribution in [2.24, 2.45) is 0 Å². The number of nitrogens with one attached hydrogen (secondary N) is 1. The number of benzene rings is 2. The smallest absolute Gasteiger partial charge is 0.335 e. The SMILES string of the molecule is CC(C)OC(=O)CC(NCc1cccc(C(=O)O)c1)c1ccccc1. The van der Waals surface area contributed by atoms with E-state index in [1.807, 2.05) is 50.2 Å². The Morgan fingerprint density at radius 3 is 2.44 bits per heavy atom. The number of aromatic carboxylic acids is 1. The van der Waals surface area contributed by atoms with E-state index in [9.17, 15) is 9.59 Å². The monoisotopic (exact) mass is 341 g/mol. The molecule has 5 nitrogen and oxygen atoms in total. The summed E-state index contributed by atoms with van der Waals surface area (Å²) in [5, 5.41) is 12.4. The van der Waals surface area contributed by atoms with Crippen molar-refractivity contribution in [3.63, 3.8) is 0 Å². The third-order valence-corrected chi connectivity index (χ3v) is 3.67. The summed E-state index contributed by atoms with van der Waals surface area (Å²) < 4.78 is 5.25. The molecule has 0 fully saturated rings. The second-order valence-corrected chi connectivity index (χ2v) is 6.09. The summed E-state index contributed by atoms with van der Waals surface area (Å²) in [5.74, 6) is -1.22. The topological polar surface area (TPSA) is 75.6 Å². The minimum atomic E-state index is -0.957. The van der Waals surface area contributed by atoms with Crippen LogP contribution in [0.5, 0.6) is 0 Å². The van der Waals surface area contributed by atoms with Gasteiger partial charge in [0.05, 0.1) is 18.1 Å². The Hall–Kier alpha value is -2.66. The summed E-state index contributed by atoms with van der Waals surface area (Å²) >= 11 is 0. The molecule has 0 saturated carbocycles. The highest BCUT2D eigenvalue weighted by molar-refractivity contribution is 5.87. The van der Waals surface area contributed by atoms with E-state index in [0.717, 1.165) is 11.1 Å². The van der Waals surface area contributed by atoms with Crippen LogP contribution in [0.15, 0.2) is 54.6 Å². The lowest BCUT2D eigenvalue weighted by atomic mass is 10.0. The number of carboxylic acid groups (broad SMARTS) is 1. The summed E-state index contributed by atoms with van der Waals surface area (Å²) in [4.78, 5) is 23.1. The standard InChI is InChI=1S/C20H23NO4/c1-14(2)25-19(22)12-18(16-8-4-3-5-9-16)21-13-15-7-6-10-17(11-15)20(23)24/h3-11,14,18,21H,12-13H2,1-2H3,(H,23,24). The van der Waals surface area contributed by atoms with Gasteiger partial charge in [0.1, 0.15) is 0 Å². The van der Waals surface area contributed by atoms with Crippen molar-refractivity contribution in [3.8, 4) is 0 Å². The van der Waals surface area contributed by atoms with Crippen molar-refractivity contribution in [1.29, 1.82) is 0 Å². The Balaban J connectivity index is 2.09. The predicted molar refractivity (Wildman–Crippen MR) is 95.3 cm³/mol. The van der Waals surface area contributed by atoms with E-state index in [1.165, 1.54) is 0 Å². The van der Waals surface area contributed by atoms with E-state index in [-0.39, 0.29) is 30.1 Å². The van der Waals surface area contributed by atoms with Crippen LogP contribution in [-0.2, 0) is 16.1 Å². The molecule has 0 aliphatic rings. The van der Waals surface area contributed by atoms with Crippen molar-refractivity contribution in [3.05, 3.63) is 71.3 Å². The normalized spacial score (nSPS) is 12.0. The van der Waals surface area contributed by atoms with Crippen molar-refractivity contribution in [2.75, 3.05) is 0 Å². The number of carbonyl (C=O) groups excluding carboxylic acids is 1. The number of carbonyl (C=O) groups is 2. The molecule has 0 amide bonds. The number of hydrogen-bond donors (Lipinski definition) is 2. The molecule has 0 heterocycles. The molecule has 0 aromatic heterocycles. The third kappa shape index (κ3) is 6.04.